The summed E-state index contributed by atoms with van der Waals surface area (Å²) in [5.41, 5.74) is 1.84. The number of carbonyl (C=O) groups is 1. The number of rotatable bonds is 7. The van der Waals surface area contributed by atoms with Crippen molar-refractivity contribution < 1.29 is 23.0 Å². The molecule has 1 N–H and O–H groups in total. The molecule has 9 heteroatoms. The van der Waals surface area contributed by atoms with Crippen LogP contribution < -0.4 is 14.8 Å². The minimum absolute atomic E-state index is 0.0961. The zero-order valence-electron chi connectivity index (χ0n) is 14.7. The van der Waals surface area contributed by atoms with Gasteiger partial charge in [0.05, 0.1) is 24.3 Å². The van der Waals surface area contributed by atoms with Gasteiger partial charge in [0.25, 0.3) is 5.91 Å². The fraction of sp³-hybridized carbons (Fsp3) is 0.158. The van der Waals surface area contributed by atoms with Crippen LogP contribution in [0, 0.1) is 0 Å². The molecule has 1 heterocycles. The highest BCUT2D eigenvalue weighted by Gasteiger charge is 2.13. The summed E-state index contributed by atoms with van der Waals surface area (Å²) in [6.45, 7) is -2.38. The second-order valence-corrected chi connectivity index (χ2v) is 6.67. The van der Waals surface area contributed by atoms with E-state index in [0.29, 0.717) is 17.8 Å². The Morgan fingerprint density at radius 2 is 1.96 bits per heavy atom. The summed E-state index contributed by atoms with van der Waals surface area (Å²) >= 11 is 3.34. The number of methoxy groups -OCH3 is 1. The lowest BCUT2D eigenvalue weighted by Crippen LogP contribution is -2.12. The average molecular weight is 452 g/mol. The Hall–Kier alpha value is -2.94. The van der Waals surface area contributed by atoms with Crippen molar-refractivity contribution in [1.29, 1.82) is 0 Å². The standard InChI is InChI=1S/C19H16BrF2N3O3/c1-27-17-8-15(6-7-16(17)28-19(21)22)24-18(26)13-4-2-12(3-5-13)10-25-11-14(20)9-23-25/h2-9,11,19H,10H2,1H3,(H,24,26). The number of carbonyl (C=O) groups excluding carboxylic acids is 1. The molecule has 0 radical (unpaired) electrons. The van der Waals surface area contributed by atoms with Crippen molar-refractivity contribution in [3.63, 3.8) is 0 Å². The number of nitrogens with zero attached hydrogens (tertiary/aromatic N) is 2. The van der Waals surface area contributed by atoms with Crippen LogP contribution in [0.15, 0.2) is 59.3 Å². The van der Waals surface area contributed by atoms with Gasteiger partial charge in [-0.1, -0.05) is 12.1 Å². The van der Waals surface area contributed by atoms with Crippen molar-refractivity contribution in [2.45, 2.75) is 13.2 Å². The minimum atomic E-state index is -2.96. The Labute approximate surface area is 168 Å². The van der Waals surface area contributed by atoms with Gasteiger partial charge in [-0.25, -0.2) is 0 Å². The third kappa shape index (κ3) is 5.07. The first-order valence-corrected chi connectivity index (χ1v) is 8.95. The topological polar surface area (TPSA) is 65.4 Å². The van der Waals surface area contributed by atoms with E-state index in [0.717, 1.165) is 10.0 Å². The maximum atomic E-state index is 12.4. The summed E-state index contributed by atoms with van der Waals surface area (Å²) in [6.07, 6.45) is 3.56. The van der Waals surface area contributed by atoms with E-state index in [-0.39, 0.29) is 17.4 Å². The van der Waals surface area contributed by atoms with Gasteiger partial charge in [0.2, 0.25) is 0 Å². The number of nitrogens with one attached hydrogen (secondary N) is 1. The Morgan fingerprint density at radius 3 is 2.57 bits per heavy atom. The van der Waals surface area contributed by atoms with Crippen LogP contribution >= 0.6 is 15.9 Å². The summed E-state index contributed by atoms with van der Waals surface area (Å²) in [7, 11) is 1.33. The number of aromatic nitrogens is 2. The Kier molecular flexibility index (Phi) is 6.25. The summed E-state index contributed by atoms with van der Waals surface area (Å²) in [5, 5.41) is 6.89. The van der Waals surface area contributed by atoms with Gasteiger partial charge in [-0.15, -0.1) is 0 Å². The van der Waals surface area contributed by atoms with Gasteiger partial charge in [0.1, 0.15) is 0 Å². The molecule has 0 bridgehead atoms. The number of anilines is 1. The van der Waals surface area contributed by atoms with Crippen molar-refractivity contribution in [3.05, 3.63) is 70.5 Å². The summed E-state index contributed by atoms with van der Waals surface area (Å²) in [6, 6.07) is 11.3. The normalized spacial score (nSPS) is 10.8. The molecule has 2 aromatic carbocycles. The molecule has 0 aliphatic carbocycles. The lowest BCUT2D eigenvalue weighted by molar-refractivity contribution is -0.0512. The second kappa shape index (κ2) is 8.83. The molecule has 3 aromatic rings. The Bertz CT molecular complexity index is 961. The first-order chi connectivity index (χ1) is 13.4. The van der Waals surface area contributed by atoms with Crippen LogP contribution in [-0.4, -0.2) is 29.4 Å². The molecule has 0 unspecified atom stereocenters. The maximum absolute atomic E-state index is 12.4. The number of hydrogen-bond donors (Lipinski definition) is 1. The average Bonchev–Trinajstić information content (AvgIpc) is 3.07. The minimum Gasteiger partial charge on any atom is -0.493 e. The number of halogens is 3. The fourth-order valence-electron chi connectivity index (χ4n) is 2.52. The number of ether oxygens (including phenoxy) is 2. The molecular formula is C19H16BrF2N3O3. The zero-order chi connectivity index (χ0) is 20.1. The van der Waals surface area contributed by atoms with E-state index in [9.17, 15) is 13.6 Å². The van der Waals surface area contributed by atoms with Crippen LogP contribution in [0.3, 0.4) is 0 Å². The van der Waals surface area contributed by atoms with Crippen molar-refractivity contribution >= 4 is 27.5 Å². The van der Waals surface area contributed by atoms with Crippen LogP contribution in [0.25, 0.3) is 0 Å². The third-order valence-electron chi connectivity index (χ3n) is 3.80. The molecule has 146 valence electrons. The van der Waals surface area contributed by atoms with Crippen LogP contribution in [0.1, 0.15) is 15.9 Å². The van der Waals surface area contributed by atoms with Gasteiger partial charge in [-0.2, -0.15) is 13.9 Å². The molecule has 0 saturated carbocycles. The summed E-state index contributed by atoms with van der Waals surface area (Å²) < 4.78 is 36.8. The highest BCUT2D eigenvalue weighted by atomic mass is 79.9. The summed E-state index contributed by atoms with van der Waals surface area (Å²) in [4.78, 5) is 12.4. The first kappa shape index (κ1) is 19.8. The van der Waals surface area contributed by atoms with Crippen molar-refractivity contribution in [2.75, 3.05) is 12.4 Å². The number of alkyl halides is 2. The first-order valence-electron chi connectivity index (χ1n) is 8.15. The molecule has 1 aromatic heterocycles. The number of amides is 1. The van der Waals surface area contributed by atoms with E-state index in [1.54, 1.807) is 23.0 Å². The fourth-order valence-corrected chi connectivity index (χ4v) is 2.84. The van der Waals surface area contributed by atoms with E-state index in [2.05, 4.69) is 31.1 Å². The Morgan fingerprint density at radius 1 is 1.21 bits per heavy atom. The van der Waals surface area contributed by atoms with Crippen LogP contribution in [0.4, 0.5) is 14.5 Å². The molecule has 3 rings (SSSR count). The van der Waals surface area contributed by atoms with Gasteiger partial charge >= 0.3 is 6.61 Å². The van der Waals surface area contributed by atoms with Crippen molar-refractivity contribution in [3.8, 4) is 11.5 Å². The largest absolute Gasteiger partial charge is 0.493 e. The quantitative estimate of drug-likeness (QED) is 0.571. The van der Waals surface area contributed by atoms with Gasteiger partial charge < -0.3 is 14.8 Å². The molecule has 0 saturated heterocycles. The van der Waals surface area contributed by atoms with Crippen molar-refractivity contribution in [2.24, 2.45) is 0 Å². The second-order valence-electron chi connectivity index (χ2n) is 5.75. The molecular weight excluding hydrogens is 436 g/mol. The van der Waals surface area contributed by atoms with E-state index < -0.39 is 6.61 Å². The SMILES string of the molecule is COc1cc(NC(=O)c2ccc(Cn3cc(Br)cn3)cc2)ccc1OC(F)F. The lowest BCUT2D eigenvalue weighted by Gasteiger charge is -2.12. The zero-order valence-corrected chi connectivity index (χ0v) is 16.3. The predicted octanol–water partition coefficient (Wildman–Crippen LogP) is 4.56. The molecule has 28 heavy (non-hydrogen) atoms. The van der Waals surface area contributed by atoms with Gasteiger partial charge in [0, 0.05) is 23.5 Å². The predicted molar refractivity (Wildman–Crippen MR) is 103 cm³/mol. The van der Waals surface area contributed by atoms with E-state index >= 15 is 0 Å². The molecule has 6 nitrogen and oxygen atoms in total. The number of hydrogen-bond acceptors (Lipinski definition) is 4. The highest BCUT2D eigenvalue weighted by Crippen LogP contribution is 2.31. The van der Waals surface area contributed by atoms with Gasteiger partial charge in [0.15, 0.2) is 11.5 Å². The molecule has 0 spiro atoms. The smallest absolute Gasteiger partial charge is 0.387 e. The van der Waals surface area contributed by atoms with Crippen molar-refractivity contribution in [1.82, 2.24) is 9.78 Å². The van der Waals surface area contributed by atoms with Crippen LogP contribution in [0.2, 0.25) is 0 Å². The molecule has 0 aliphatic heterocycles. The summed E-state index contributed by atoms with van der Waals surface area (Å²) in [5.74, 6) is -0.345. The molecule has 0 fully saturated rings. The van der Waals surface area contributed by atoms with E-state index in [1.165, 1.54) is 25.3 Å². The lowest BCUT2D eigenvalue weighted by atomic mass is 10.1. The molecule has 0 atom stereocenters. The van der Waals surface area contributed by atoms with Gasteiger partial charge in [-0.3, -0.25) is 9.48 Å². The van der Waals surface area contributed by atoms with Gasteiger partial charge in [-0.05, 0) is 45.8 Å². The highest BCUT2D eigenvalue weighted by molar-refractivity contribution is 9.10. The monoisotopic (exact) mass is 451 g/mol. The van der Waals surface area contributed by atoms with Crippen LogP contribution in [-0.2, 0) is 6.54 Å². The van der Waals surface area contributed by atoms with E-state index in [1.807, 2.05) is 18.3 Å². The molecule has 1 amide bonds. The molecule has 0 aliphatic rings. The number of benzene rings is 2. The van der Waals surface area contributed by atoms with E-state index in [4.69, 9.17) is 4.74 Å². The third-order valence-corrected chi connectivity index (χ3v) is 4.21. The van der Waals surface area contributed by atoms with Crippen LogP contribution in [0.5, 0.6) is 11.5 Å². The Balaban J connectivity index is 1.67. The maximum Gasteiger partial charge on any atom is 0.387 e.